The molecule has 1 aliphatic rings. The van der Waals surface area contributed by atoms with Crippen LogP contribution in [-0.2, 0) is 0 Å². The first kappa shape index (κ1) is 17.8. The van der Waals surface area contributed by atoms with Crippen molar-refractivity contribution in [3.63, 3.8) is 0 Å². The topological polar surface area (TPSA) is 73.5 Å². The predicted octanol–water partition coefficient (Wildman–Crippen LogP) is 4.64. The Kier molecular flexibility index (Phi) is 4.21. The highest BCUT2D eigenvalue weighted by Crippen LogP contribution is 2.37. The summed E-state index contributed by atoms with van der Waals surface area (Å²) in [6.45, 7) is 0. The normalized spacial score (nSPS) is 15.2. The second kappa shape index (κ2) is 7.33. The average Bonchev–Trinajstić information content (AvgIpc) is 3.60. The molecule has 1 N–H and O–H groups in total. The second-order valence-corrected chi connectivity index (χ2v) is 8.10. The van der Waals surface area contributed by atoms with Crippen molar-refractivity contribution in [1.29, 1.82) is 0 Å². The van der Waals surface area contributed by atoms with E-state index in [9.17, 15) is 0 Å². The van der Waals surface area contributed by atoms with E-state index < -0.39 is 0 Å². The zero-order chi connectivity index (χ0) is 20.6. The Hall–Kier alpha value is -4.04. The number of fused-ring (bicyclic) bond motifs is 1. The van der Waals surface area contributed by atoms with Crippen LogP contribution in [0.1, 0.15) is 17.2 Å². The molecule has 31 heavy (non-hydrogen) atoms. The van der Waals surface area contributed by atoms with Crippen LogP contribution in [0.4, 0.5) is 5.95 Å². The summed E-state index contributed by atoms with van der Waals surface area (Å²) in [5.41, 5.74) is 5.02. The van der Waals surface area contributed by atoms with Crippen LogP contribution in [0, 0.1) is 0 Å². The minimum Gasteiger partial charge on any atom is -0.323 e. The molecule has 0 saturated heterocycles. The van der Waals surface area contributed by atoms with Gasteiger partial charge in [-0.15, -0.1) is 11.3 Å². The van der Waals surface area contributed by atoms with Crippen molar-refractivity contribution in [2.75, 3.05) is 5.32 Å². The number of hydrogen-bond acceptors (Lipinski definition) is 6. The molecule has 7 nitrogen and oxygen atoms in total. The molecule has 3 aromatic heterocycles. The number of nitrogens with zero attached hydrogens (tertiary/aromatic N) is 6. The fourth-order valence-electron chi connectivity index (χ4n) is 3.78. The van der Waals surface area contributed by atoms with E-state index in [-0.39, 0.29) is 6.04 Å². The number of hydrogen-bond donors (Lipinski definition) is 1. The second-order valence-electron chi connectivity index (χ2n) is 7.15. The molecule has 4 heterocycles. The third-order valence-electron chi connectivity index (χ3n) is 5.25. The third kappa shape index (κ3) is 3.13. The van der Waals surface area contributed by atoms with Gasteiger partial charge < -0.3 is 5.32 Å². The minimum absolute atomic E-state index is 0.198. The number of para-hydroxylation sites is 1. The number of rotatable bonds is 4. The molecule has 1 aliphatic heterocycles. The molecule has 0 amide bonds. The summed E-state index contributed by atoms with van der Waals surface area (Å²) in [6.07, 6.45) is 4.23. The number of aromatic nitrogens is 6. The number of thiophene rings is 1. The molecule has 6 rings (SSSR count). The smallest absolute Gasteiger partial charge is 0.248 e. The number of allylic oxidation sites excluding steroid dienone is 1. The summed E-state index contributed by atoms with van der Waals surface area (Å²) in [5, 5.41) is 22.7. The Balaban J connectivity index is 1.54. The summed E-state index contributed by atoms with van der Waals surface area (Å²) in [4.78, 5) is 1.10. The van der Waals surface area contributed by atoms with Crippen molar-refractivity contribution in [2.24, 2.45) is 0 Å². The minimum atomic E-state index is -0.198. The van der Waals surface area contributed by atoms with E-state index in [0.717, 1.165) is 33.1 Å². The van der Waals surface area contributed by atoms with Crippen LogP contribution < -0.4 is 5.32 Å². The SMILES string of the molecule is C1=C(c2ccccc2)Nc2nnnn2[C@H]1c1cn(-c2ccccc2)nc1-c1cccs1. The molecule has 0 bridgehead atoms. The maximum atomic E-state index is 4.95. The van der Waals surface area contributed by atoms with Gasteiger partial charge in [-0.3, -0.25) is 0 Å². The first-order valence-electron chi connectivity index (χ1n) is 9.88. The number of tetrazole rings is 1. The van der Waals surface area contributed by atoms with Gasteiger partial charge in [0.05, 0.1) is 10.6 Å². The molecule has 0 fully saturated rings. The van der Waals surface area contributed by atoms with Gasteiger partial charge in [-0.2, -0.15) is 9.78 Å². The first-order chi connectivity index (χ1) is 15.4. The van der Waals surface area contributed by atoms with Gasteiger partial charge >= 0.3 is 0 Å². The summed E-state index contributed by atoms with van der Waals surface area (Å²) >= 11 is 1.67. The maximum Gasteiger partial charge on any atom is 0.248 e. The molecule has 0 spiro atoms. The Morgan fingerprint density at radius 3 is 2.48 bits per heavy atom. The molecular weight excluding hydrogens is 406 g/mol. The van der Waals surface area contributed by atoms with Crippen LogP contribution >= 0.6 is 11.3 Å². The molecule has 8 heteroatoms. The fourth-order valence-corrected chi connectivity index (χ4v) is 4.51. The lowest BCUT2D eigenvalue weighted by Crippen LogP contribution is -2.20. The maximum absolute atomic E-state index is 4.95. The number of nitrogens with one attached hydrogen (secondary N) is 1. The first-order valence-corrected chi connectivity index (χ1v) is 10.8. The molecule has 0 aliphatic carbocycles. The zero-order valence-corrected chi connectivity index (χ0v) is 17.1. The summed E-state index contributed by atoms with van der Waals surface area (Å²) in [7, 11) is 0. The molecule has 0 unspecified atom stereocenters. The van der Waals surface area contributed by atoms with Crippen molar-refractivity contribution < 1.29 is 0 Å². The van der Waals surface area contributed by atoms with E-state index >= 15 is 0 Å². The van der Waals surface area contributed by atoms with Crippen molar-refractivity contribution in [3.05, 3.63) is 102 Å². The molecule has 150 valence electrons. The van der Waals surface area contributed by atoms with Crippen LogP contribution in [-0.4, -0.2) is 30.0 Å². The highest BCUT2D eigenvalue weighted by Gasteiger charge is 2.29. The van der Waals surface area contributed by atoms with E-state index in [4.69, 9.17) is 5.10 Å². The Morgan fingerprint density at radius 2 is 1.71 bits per heavy atom. The summed E-state index contributed by atoms with van der Waals surface area (Å²) in [5.74, 6) is 0.607. The monoisotopic (exact) mass is 423 g/mol. The number of benzene rings is 2. The van der Waals surface area contributed by atoms with Gasteiger partial charge in [0.2, 0.25) is 5.95 Å². The molecular formula is C23H17N7S. The van der Waals surface area contributed by atoms with E-state index in [2.05, 4.69) is 56.7 Å². The van der Waals surface area contributed by atoms with Crippen molar-refractivity contribution in [2.45, 2.75) is 6.04 Å². The highest BCUT2D eigenvalue weighted by molar-refractivity contribution is 7.13. The van der Waals surface area contributed by atoms with Crippen molar-refractivity contribution >= 4 is 23.0 Å². The molecule has 1 atom stereocenters. The lowest BCUT2D eigenvalue weighted by molar-refractivity contribution is 0.586. The highest BCUT2D eigenvalue weighted by atomic mass is 32.1. The summed E-state index contributed by atoms with van der Waals surface area (Å²) in [6, 6.07) is 24.3. The van der Waals surface area contributed by atoms with Crippen LogP contribution in [0.2, 0.25) is 0 Å². The predicted molar refractivity (Wildman–Crippen MR) is 121 cm³/mol. The van der Waals surface area contributed by atoms with Crippen molar-refractivity contribution in [1.82, 2.24) is 30.0 Å². The van der Waals surface area contributed by atoms with Gasteiger partial charge in [0.15, 0.2) is 0 Å². The van der Waals surface area contributed by atoms with Crippen LogP contribution in [0.15, 0.2) is 90.4 Å². The van der Waals surface area contributed by atoms with E-state index in [0.29, 0.717) is 5.95 Å². The molecule has 0 saturated carbocycles. The molecule has 0 radical (unpaired) electrons. The van der Waals surface area contributed by atoms with Crippen molar-refractivity contribution in [3.8, 4) is 16.3 Å². The third-order valence-corrected chi connectivity index (χ3v) is 6.13. The Morgan fingerprint density at radius 1 is 0.903 bits per heavy atom. The largest absolute Gasteiger partial charge is 0.323 e. The molecule has 5 aromatic rings. The van der Waals surface area contributed by atoms with Crippen LogP contribution in [0.25, 0.3) is 22.0 Å². The average molecular weight is 424 g/mol. The fraction of sp³-hybridized carbons (Fsp3) is 0.0435. The summed E-state index contributed by atoms with van der Waals surface area (Å²) < 4.78 is 3.72. The van der Waals surface area contributed by atoms with Gasteiger partial charge in [0.1, 0.15) is 11.7 Å². The Bertz CT molecular complexity index is 1350. The number of anilines is 1. The van der Waals surface area contributed by atoms with Gasteiger partial charge in [-0.1, -0.05) is 59.7 Å². The van der Waals surface area contributed by atoms with Crippen LogP contribution in [0.5, 0.6) is 0 Å². The van der Waals surface area contributed by atoms with Gasteiger partial charge in [0.25, 0.3) is 0 Å². The van der Waals surface area contributed by atoms with E-state index in [1.807, 2.05) is 59.3 Å². The van der Waals surface area contributed by atoms with Gasteiger partial charge in [-0.25, -0.2) is 4.68 Å². The van der Waals surface area contributed by atoms with Gasteiger partial charge in [-0.05, 0) is 45.6 Å². The molecule has 2 aromatic carbocycles. The zero-order valence-electron chi connectivity index (χ0n) is 16.3. The van der Waals surface area contributed by atoms with Crippen LogP contribution in [0.3, 0.4) is 0 Å². The van der Waals surface area contributed by atoms with E-state index in [1.54, 1.807) is 16.0 Å². The lowest BCUT2D eigenvalue weighted by Gasteiger charge is -2.23. The quantitative estimate of drug-likeness (QED) is 0.456. The lowest BCUT2D eigenvalue weighted by atomic mass is 10.0. The van der Waals surface area contributed by atoms with E-state index in [1.165, 1.54) is 0 Å². The standard InChI is InChI=1S/C23H17N7S/c1-3-8-16(9-4-1)19-14-20(30-23(24-19)25-27-28-30)18-15-29(17-10-5-2-6-11-17)26-22(18)21-12-7-13-31-21/h1-15,20H,(H,24,25,28)/t20-/m1/s1. The van der Waals surface area contributed by atoms with Gasteiger partial charge in [0, 0.05) is 17.5 Å². The Labute approximate surface area is 182 Å².